The maximum absolute atomic E-state index is 11.9. The summed E-state index contributed by atoms with van der Waals surface area (Å²) >= 11 is 0. The molecule has 0 saturated heterocycles. The monoisotopic (exact) mass is 187 g/mol. The van der Waals surface area contributed by atoms with E-state index >= 15 is 0 Å². The molecule has 0 atom stereocenters. The standard InChI is InChI=1S/C9H11F2NO/c1-5-3-6(2)8(4-7(5)12)13-9(10)11/h3-4,9H,12H2,1-2H3. The molecule has 0 aliphatic rings. The summed E-state index contributed by atoms with van der Waals surface area (Å²) in [7, 11) is 0. The zero-order valence-electron chi connectivity index (χ0n) is 7.47. The first-order valence-corrected chi connectivity index (χ1v) is 3.82. The third-order valence-electron chi connectivity index (χ3n) is 1.78. The molecule has 13 heavy (non-hydrogen) atoms. The summed E-state index contributed by atoms with van der Waals surface area (Å²) in [4.78, 5) is 0. The molecule has 0 bridgehead atoms. The van der Waals surface area contributed by atoms with Crippen LogP contribution >= 0.6 is 0 Å². The number of rotatable bonds is 2. The summed E-state index contributed by atoms with van der Waals surface area (Å²) in [6.45, 7) is 0.708. The average molecular weight is 187 g/mol. The highest BCUT2D eigenvalue weighted by Gasteiger charge is 2.08. The van der Waals surface area contributed by atoms with E-state index in [-0.39, 0.29) is 5.75 Å². The topological polar surface area (TPSA) is 35.2 Å². The number of hydrogen-bond donors (Lipinski definition) is 1. The van der Waals surface area contributed by atoms with Gasteiger partial charge in [-0.15, -0.1) is 0 Å². The SMILES string of the molecule is Cc1cc(C)c(OC(F)F)cc1N. The summed E-state index contributed by atoms with van der Waals surface area (Å²) in [5, 5.41) is 0. The molecule has 0 spiro atoms. The minimum atomic E-state index is -2.80. The fraction of sp³-hybridized carbons (Fsp3) is 0.333. The Bertz CT molecular complexity index is 313. The fourth-order valence-corrected chi connectivity index (χ4v) is 1.07. The molecule has 1 aromatic carbocycles. The van der Waals surface area contributed by atoms with Crippen LogP contribution in [0.2, 0.25) is 0 Å². The van der Waals surface area contributed by atoms with Gasteiger partial charge in [-0.25, -0.2) is 0 Å². The quantitative estimate of drug-likeness (QED) is 0.722. The smallest absolute Gasteiger partial charge is 0.387 e. The van der Waals surface area contributed by atoms with Gasteiger partial charge in [0.25, 0.3) is 0 Å². The van der Waals surface area contributed by atoms with Crippen molar-refractivity contribution in [1.29, 1.82) is 0 Å². The van der Waals surface area contributed by atoms with Crippen LogP contribution in [0.15, 0.2) is 12.1 Å². The van der Waals surface area contributed by atoms with Crippen LogP contribution in [-0.4, -0.2) is 6.61 Å². The second kappa shape index (κ2) is 3.60. The van der Waals surface area contributed by atoms with Gasteiger partial charge in [-0.05, 0) is 25.0 Å². The zero-order valence-corrected chi connectivity index (χ0v) is 7.47. The second-order valence-corrected chi connectivity index (χ2v) is 2.85. The highest BCUT2D eigenvalue weighted by atomic mass is 19.3. The number of anilines is 1. The lowest BCUT2D eigenvalue weighted by atomic mass is 10.1. The van der Waals surface area contributed by atoms with Crippen molar-refractivity contribution in [2.45, 2.75) is 20.5 Å². The van der Waals surface area contributed by atoms with Crippen LogP contribution in [0.5, 0.6) is 5.75 Å². The number of nitrogens with two attached hydrogens (primary N) is 1. The van der Waals surface area contributed by atoms with Crippen LogP contribution in [-0.2, 0) is 0 Å². The van der Waals surface area contributed by atoms with Gasteiger partial charge in [0.2, 0.25) is 0 Å². The van der Waals surface area contributed by atoms with E-state index in [1.54, 1.807) is 13.0 Å². The van der Waals surface area contributed by atoms with Gasteiger partial charge in [0.1, 0.15) is 5.75 Å². The van der Waals surface area contributed by atoms with E-state index in [1.807, 2.05) is 6.92 Å². The Morgan fingerprint density at radius 1 is 1.23 bits per heavy atom. The van der Waals surface area contributed by atoms with E-state index < -0.39 is 6.61 Å². The molecule has 0 radical (unpaired) electrons. The summed E-state index contributed by atoms with van der Waals surface area (Å²) in [6.07, 6.45) is 0. The van der Waals surface area contributed by atoms with Gasteiger partial charge >= 0.3 is 6.61 Å². The van der Waals surface area contributed by atoms with Crippen molar-refractivity contribution >= 4 is 5.69 Å². The van der Waals surface area contributed by atoms with Crippen LogP contribution in [0.25, 0.3) is 0 Å². The van der Waals surface area contributed by atoms with E-state index in [0.717, 1.165) is 5.56 Å². The van der Waals surface area contributed by atoms with Gasteiger partial charge in [0.05, 0.1) is 0 Å². The molecule has 0 aliphatic heterocycles. The van der Waals surface area contributed by atoms with E-state index in [2.05, 4.69) is 4.74 Å². The lowest BCUT2D eigenvalue weighted by Crippen LogP contribution is -2.04. The Kier molecular flexibility index (Phi) is 2.70. The lowest BCUT2D eigenvalue weighted by Gasteiger charge is -2.10. The first-order chi connectivity index (χ1) is 6.00. The Labute approximate surface area is 75.3 Å². The molecular formula is C9H11F2NO. The Morgan fingerprint density at radius 2 is 1.85 bits per heavy atom. The molecular weight excluding hydrogens is 176 g/mol. The molecule has 0 aromatic heterocycles. The number of ether oxygens (including phenoxy) is 1. The molecule has 72 valence electrons. The van der Waals surface area contributed by atoms with Gasteiger partial charge < -0.3 is 10.5 Å². The summed E-state index contributed by atoms with van der Waals surface area (Å²) in [5.41, 5.74) is 7.52. The second-order valence-electron chi connectivity index (χ2n) is 2.85. The molecule has 0 unspecified atom stereocenters. The third-order valence-corrected chi connectivity index (χ3v) is 1.78. The van der Waals surface area contributed by atoms with Crippen LogP contribution in [0.3, 0.4) is 0 Å². The van der Waals surface area contributed by atoms with Crippen molar-refractivity contribution in [1.82, 2.24) is 0 Å². The normalized spacial score (nSPS) is 10.5. The van der Waals surface area contributed by atoms with E-state index in [1.165, 1.54) is 6.07 Å². The highest BCUT2D eigenvalue weighted by Crippen LogP contribution is 2.25. The van der Waals surface area contributed by atoms with Crippen molar-refractivity contribution in [3.05, 3.63) is 23.3 Å². The largest absolute Gasteiger partial charge is 0.434 e. The van der Waals surface area contributed by atoms with Crippen LogP contribution in [0.1, 0.15) is 11.1 Å². The minimum absolute atomic E-state index is 0.137. The van der Waals surface area contributed by atoms with Crippen LogP contribution in [0, 0.1) is 13.8 Å². The fourth-order valence-electron chi connectivity index (χ4n) is 1.07. The average Bonchev–Trinajstić information content (AvgIpc) is 1.99. The van der Waals surface area contributed by atoms with Gasteiger partial charge in [-0.2, -0.15) is 8.78 Å². The molecule has 1 aromatic rings. The predicted octanol–water partition coefficient (Wildman–Crippen LogP) is 2.49. The number of nitrogen functional groups attached to an aromatic ring is 1. The van der Waals surface area contributed by atoms with Crippen molar-refractivity contribution in [2.24, 2.45) is 0 Å². The summed E-state index contributed by atoms with van der Waals surface area (Å²) < 4.78 is 28.0. The van der Waals surface area contributed by atoms with Crippen LogP contribution < -0.4 is 10.5 Å². The molecule has 1 rings (SSSR count). The number of hydrogen-bond acceptors (Lipinski definition) is 2. The molecule has 0 aliphatic carbocycles. The number of aryl methyl sites for hydroxylation is 2. The zero-order chi connectivity index (χ0) is 10.0. The molecule has 0 amide bonds. The van der Waals surface area contributed by atoms with E-state index in [4.69, 9.17) is 5.73 Å². The van der Waals surface area contributed by atoms with Crippen molar-refractivity contribution in [2.75, 3.05) is 5.73 Å². The number of alkyl halides is 2. The van der Waals surface area contributed by atoms with Crippen LogP contribution in [0.4, 0.5) is 14.5 Å². The number of benzene rings is 1. The van der Waals surface area contributed by atoms with Gasteiger partial charge in [0.15, 0.2) is 0 Å². The Hall–Kier alpha value is -1.32. The van der Waals surface area contributed by atoms with E-state index in [0.29, 0.717) is 11.3 Å². The predicted molar refractivity (Wildman–Crippen MR) is 47.0 cm³/mol. The highest BCUT2D eigenvalue weighted by molar-refractivity contribution is 5.54. The van der Waals surface area contributed by atoms with E-state index in [9.17, 15) is 8.78 Å². The lowest BCUT2D eigenvalue weighted by molar-refractivity contribution is -0.0502. The Morgan fingerprint density at radius 3 is 2.38 bits per heavy atom. The molecule has 2 nitrogen and oxygen atoms in total. The number of halogens is 2. The van der Waals surface area contributed by atoms with Crippen molar-refractivity contribution < 1.29 is 13.5 Å². The molecule has 2 N–H and O–H groups in total. The Balaban J connectivity index is 3.01. The third kappa shape index (κ3) is 2.31. The first kappa shape index (κ1) is 9.77. The summed E-state index contributed by atoms with van der Waals surface area (Å²) in [5.74, 6) is 0.137. The molecule has 0 heterocycles. The summed E-state index contributed by atoms with van der Waals surface area (Å²) in [6, 6.07) is 3.13. The maximum atomic E-state index is 11.9. The molecule has 0 saturated carbocycles. The first-order valence-electron chi connectivity index (χ1n) is 3.82. The molecule has 4 heteroatoms. The van der Waals surface area contributed by atoms with Crippen molar-refractivity contribution in [3.8, 4) is 5.75 Å². The van der Waals surface area contributed by atoms with Crippen molar-refractivity contribution in [3.63, 3.8) is 0 Å². The van der Waals surface area contributed by atoms with Gasteiger partial charge in [0, 0.05) is 11.8 Å². The minimum Gasteiger partial charge on any atom is -0.434 e. The molecule has 0 fully saturated rings. The van der Waals surface area contributed by atoms with Gasteiger partial charge in [-0.1, -0.05) is 6.07 Å². The van der Waals surface area contributed by atoms with Gasteiger partial charge in [-0.3, -0.25) is 0 Å². The maximum Gasteiger partial charge on any atom is 0.387 e.